The minimum absolute atomic E-state index is 0.0933. The van der Waals surface area contributed by atoms with Crippen LogP contribution in [0.3, 0.4) is 0 Å². The molecule has 0 aliphatic carbocycles. The van der Waals surface area contributed by atoms with Gasteiger partial charge in [-0.15, -0.1) is 0 Å². The van der Waals surface area contributed by atoms with Gasteiger partial charge in [0.05, 0.1) is 0 Å². The number of aromatic carboxylic acids is 1. The van der Waals surface area contributed by atoms with E-state index in [0.29, 0.717) is 0 Å². The minimum Gasteiger partial charge on any atom is -0.477 e. The predicted molar refractivity (Wildman–Crippen MR) is 53.3 cm³/mol. The molecule has 1 aromatic heterocycles. The highest BCUT2D eigenvalue weighted by molar-refractivity contribution is 7.07. The lowest BCUT2D eigenvalue weighted by Gasteiger charge is -2.05. The molecule has 0 fully saturated rings. The summed E-state index contributed by atoms with van der Waals surface area (Å²) in [6.45, 7) is 0. The first-order valence-corrected chi connectivity index (χ1v) is 4.92. The number of rotatable bonds is 3. The zero-order valence-electron chi connectivity index (χ0n) is 7.75. The van der Waals surface area contributed by atoms with Crippen molar-refractivity contribution in [3.8, 4) is 10.9 Å². The fourth-order valence-electron chi connectivity index (χ4n) is 1.10. The van der Waals surface area contributed by atoms with Gasteiger partial charge in [0.2, 0.25) is 0 Å². The van der Waals surface area contributed by atoms with Crippen LogP contribution < -0.4 is 4.74 Å². The number of carbonyl (C=O) groups is 1. The Balaban J connectivity index is 2.40. The zero-order valence-corrected chi connectivity index (χ0v) is 8.57. The summed E-state index contributed by atoms with van der Waals surface area (Å²) < 4.78 is 22.0. The molecule has 1 N–H and O–H groups in total. The summed E-state index contributed by atoms with van der Waals surface area (Å²) in [5, 5.41) is 8.98. The van der Waals surface area contributed by atoms with Crippen LogP contribution in [0.1, 0.15) is 10.4 Å². The lowest BCUT2D eigenvalue weighted by molar-refractivity contribution is 0.0689. The van der Waals surface area contributed by atoms with Crippen LogP contribution in [0.5, 0.6) is 10.9 Å². The molecule has 0 aliphatic rings. The topological polar surface area (TPSA) is 72.3 Å². The summed E-state index contributed by atoms with van der Waals surface area (Å²) in [7, 11) is 0. The Kier molecular flexibility index (Phi) is 2.78. The van der Waals surface area contributed by atoms with E-state index < -0.39 is 17.3 Å². The quantitative estimate of drug-likeness (QED) is 0.890. The van der Waals surface area contributed by atoms with E-state index in [1.807, 2.05) is 0 Å². The van der Waals surface area contributed by atoms with Gasteiger partial charge in [-0.1, -0.05) is 6.07 Å². The van der Waals surface area contributed by atoms with Crippen molar-refractivity contribution in [2.75, 3.05) is 0 Å². The molecule has 7 heteroatoms. The maximum Gasteiger partial charge on any atom is 0.342 e. The number of halogens is 1. The van der Waals surface area contributed by atoms with Crippen molar-refractivity contribution in [1.82, 2.24) is 9.36 Å². The number of benzene rings is 1. The van der Waals surface area contributed by atoms with Crippen molar-refractivity contribution in [2.24, 2.45) is 0 Å². The van der Waals surface area contributed by atoms with Gasteiger partial charge in [-0.25, -0.2) is 9.18 Å². The largest absolute Gasteiger partial charge is 0.477 e. The first kappa shape index (κ1) is 10.5. The first-order chi connectivity index (χ1) is 7.68. The zero-order chi connectivity index (χ0) is 11.5. The number of nitrogens with zero attached hydrogens (tertiary/aromatic N) is 2. The van der Waals surface area contributed by atoms with Gasteiger partial charge in [-0.05, 0) is 12.1 Å². The fraction of sp³-hybridized carbons (Fsp3) is 0. The van der Waals surface area contributed by atoms with Crippen LogP contribution in [-0.4, -0.2) is 20.4 Å². The van der Waals surface area contributed by atoms with Crippen LogP contribution >= 0.6 is 11.5 Å². The van der Waals surface area contributed by atoms with E-state index in [1.54, 1.807) is 0 Å². The molecule has 0 radical (unpaired) electrons. The van der Waals surface area contributed by atoms with Crippen molar-refractivity contribution in [1.29, 1.82) is 0 Å². The molecule has 0 atom stereocenters. The molecule has 2 rings (SSSR count). The molecule has 2 aromatic rings. The van der Waals surface area contributed by atoms with Crippen LogP contribution in [0.15, 0.2) is 24.5 Å². The van der Waals surface area contributed by atoms with Crippen molar-refractivity contribution >= 4 is 17.5 Å². The average molecular weight is 240 g/mol. The predicted octanol–water partition coefficient (Wildman–Crippen LogP) is 2.17. The smallest absolute Gasteiger partial charge is 0.342 e. The minimum atomic E-state index is -1.39. The Bertz CT molecular complexity index is 515. The monoisotopic (exact) mass is 240 g/mol. The van der Waals surface area contributed by atoms with Crippen LogP contribution in [0.25, 0.3) is 0 Å². The summed E-state index contributed by atoms with van der Waals surface area (Å²) in [5.41, 5.74) is -0.516. The molecule has 1 heterocycles. The molecule has 0 saturated heterocycles. The molecule has 0 spiro atoms. The average Bonchev–Trinajstić information content (AvgIpc) is 2.70. The van der Waals surface area contributed by atoms with Gasteiger partial charge in [-0.3, -0.25) is 0 Å². The second-order valence-electron chi connectivity index (χ2n) is 2.73. The number of hydrogen-bond acceptors (Lipinski definition) is 5. The van der Waals surface area contributed by atoms with E-state index in [0.717, 1.165) is 17.6 Å². The Hall–Kier alpha value is -2.02. The molecule has 0 unspecified atom stereocenters. The third-order valence-electron chi connectivity index (χ3n) is 1.73. The molecule has 16 heavy (non-hydrogen) atoms. The van der Waals surface area contributed by atoms with Crippen molar-refractivity contribution in [3.05, 3.63) is 35.9 Å². The van der Waals surface area contributed by atoms with E-state index >= 15 is 0 Å². The number of carboxylic acid groups (broad SMARTS) is 1. The molecular formula is C9H5FN2O3S. The second kappa shape index (κ2) is 4.23. The number of hydrogen-bond donors (Lipinski definition) is 1. The molecule has 1 aromatic carbocycles. The Morgan fingerprint density at radius 2 is 2.31 bits per heavy atom. The third-order valence-corrected chi connectivity index (χ3v) is 2.27. The lowest BCUT2D eigenvalue weighted by Crippen LogP contribution is -2.03. The highest BCUT2D eigenvalue weighted by Crippen LogP contribution is 2.27. The van der Waals surface area contributed by atoms with Crippen LogP contribution in [0.2, 0.25) is 0 Å². The Labute approximate surface area is 93.3 Å². The first-order valence-electron chi connectivity index (χ1n) is 4.15. The maximum absolute atomic E-state index is 13.2. The van der Waals surface area contributed by atoms with Gasteiger partial charge >= 0.3 is 5.97 Å². The molecule has 82 valence electrons. The summed E-state index contributed by atoms with van der Waals surface area (Å²) in [6, 6.07) is 3.77. The van der Waals surface area contributed by atoms with Gasteiger partial charge in [0.1, 0.15) is 23.5 Å². The van der Waals surface area contributed by atoms with E-state index in [1.165, 1.54) is 18.5 Å². The summed E-state index contributed by atoms with van der Waals surface area (Å²) in [5.74, 6) is -2.34. The molecule has 5 nitrogen and oxygen atoms in total. The maximum atomic E-state index is 13.2. The molecule has 0 amide bonds. The highest BCUT2D eigenvalue weighted by Gasteiger charge is 2.18. The van der Waals surface area contributed by atoms with E-state index in [-0.39, 0.29) is 10.9 Å². The van der Waals surface area contributed by atoms with E-state index in [9.17, 15) is 9.18 Å². The molecule has 0 bridgehead atoms. The SMILES string of the molecule is O=C(O)c1c(F)cccc1Oc1ncns1. The fourth-order valence-corrected chi connectivity index (χ4v) is 1.50. The standard InChI is InChI=1S/C9H5FN2O3S/c10-5-2-1-3-6(7(5)8(13)14)15-9-11-4-12-16-9/h1-4H,(H,13,14). The van der Waals surface area contributed by atoms with Gasteiger partial charge in [-0.2, -0.15) is 9.36 Å². The normalized spacial score (nSPS) is 10.1. The number of aromatic nitrogens is 2. The number of carboxylic acids is 1. The lowest BCUT2D eigenvalue weighted by atomic mass is 10.2. The summed E-state index contributed by atoms with van der Waals surface area (Å²) in [4.78, 5) is 14.5. The van der Waals surface area contributed by atoms with Crippen molar-refractivity contribution in [2.45, 2.75) is 0 Å². The molecular weight excluding hydrogens is 235 g/mol. The Morgan fingerprint density at radius 3 is 2.94 bits per heavy atom. The number of ether oxygens (including phenoxy) is 1. The van der Waals surface area contributed by atoms with Crippen molar-refractivity contribution in [3.63, 3.8) is 0 Å². The third kappa shape index (κ3) is 1.98. The van der Waals surface area contributed by atoms with Gasteiger partial charge in [0.25, 0.3) is 5.19 Å². The van der Waals surface area contributed by atoms with E-state index in [4.69, 9.17) is 9.84 Å². The summed E-state index contributed by atoms with van der Waals surface area (Å²) in [6.07, 6.45) is 1.26. The van der Waals surface area contributed by atoms with Crippen LogP contribution in [-0.2, 0) is 0 Å². The van der Waals surface area contributed by atoms with Gasteiger partial charge < -0.3 is 9.84 Å². The van der Waals surface area contributed by atoms with Gasteiger partial charge in [0, 0.05) is 11.5 Å². The summed E-state index contributed by atoms with van der Waals surface area (Å²) >= 11 is 0.945. The Morgan fingerprint density at radius 1 is 1.50 bits per heavy atom. The van der Waals surface area contributed by atoms with Crippen molar-refractivity contribution < 1.29 is 19.0 Å². The molecule has 0 saturated carbocycles. The van der Waals surface area contributed by atoms with E-state index in [2.05, 4.69) is 9.36 Å². The second-order valence-corrected chi connectivity index (χ2v) is 3.47. The molecule has 0 aliphatic heterocycles. The highest BCUT2D eigenvalue weighted by atomic mass is 32.1. The van der Waals surface area contributed by atoms with Gasteiger partial charge in [0.15, 0.2) is 0 Å². The van der Waals surface area contributed by atoms with Crippen LogP contribution in [0.4, 0.5) is 4.39 Å². The van der Waals surface area contributed by atoms with Crippen LogP contribution in [0, 0.1) is 5.82 Å².